The van der Waals surface area contributed by atoms with Crippen molar-refractivity contribution in [3.05, 3.63) is 36.0 Å². The van der Waals surface area contributed by atoms with Gasteiger partial charge in [0, 0.05) is 22.7 Å². The second-order valence-corrected chi connectivity index (χ2v) is 5.99. The van der Waals surface area contributed by atoms with Crippen LogP contribution in [0, 0.1) is 0 Å². The zero-order valence-corrected chi connectivity index (χ0v) is 12.8. The van der Waals surface area contributed by atoms with Crippen molar-refractivity contribution in [2.24, 2.45) is 0 Å². The van der Waals surface area contributed by atoms with Crippen LogP contribution in [0.25, 0.3) is 10.9 Å². The molecule has 3 N–H and O–H groups in total. The van der Waals surface area contributed by atoms with Crippen molar-refractivity contribution in [1.82, 2.24) is 10.3 Å². The number of alkyl carbamates (subject to hydrolysis) is 1. The van der Waals surface area contributed by atoms with Crippen LogP contribution in [0.15, 0.2) is 30.5 Å². The topological polar surface area (TPSA) is 91.4 Å². The number of rotatable bonds is 4. The van der Waals surface area contributed by atoms with E-state index in [0.29, 0.717) is 5.56 Å². The Labute approximate surface area is 128 Å². The fourth-order valence-corrected chi connectivity index (χ4v) is 2.11. The molecular formula is C16H20N2O4. The Morgan fingerprint density at radius 1 is 1.32 bits per heavy atom. The third kappa shape index (κ3) is 3.65. The van der Waals surface area contributed by atoms with E-state index in [1.807, 2.05) is 18.2 Å². The minimum absolute atomic E-state index is 0.370. The maximum atomic E-state index is 12.5. The maximum Gasteiger partial charge on any atom is 0.408 e. The number of hydrogen-bond donors (Lipinski definition) is 3. The first-order valence-corrected chi connectivity index (χ1v) is 7.02. The predicted molar refractivity (Wildman–Crippen MR) is 82.9 cm³/mol. The summed E-state index contributed by atoms with van der Waals surface area (Å²) < 4.78 is 5.10. The van der Waals surface area contributed by atoms with Crippen LogP contribution in [-0.2, 0) is 4.74 Å². The van der Waals surface area contributed by atoms with Gasteiger partial charge in [-0.05, 0) is 26.8 Å². The number of para-hydroxylation sites is 1. The number of H-pyrrole nitrogens is 1. The SMILES string of the molecule is CC(C)(C)OC(=O)N[C@@H](CO)C(=O)c1c[nH]c2ccccc12. The predicted octanol–water partition coefficient (Wildman–Crippen LogP) is 2.24. The van der Waals surface area contributed by atoms with Gasteiger partial charge in [0.05, 0.1) is 6.61 Å². The van der Waals surface area contributed by atoms with E-state index in [2.05, 4.69) is 10.3 Å². The molecule has 1 atom stereocenters. The molecule has 0 saturated carbocycles. The zero-order valence-electron chi connectivity index (χ0n) is 12.8. The number of aromatic nitrogens is 1. The zero-order chi connectivity index (χ0) is 16.3. The molecule has 6 heteroatoms. The van der Waals surface area contributed by atoms with Gasteiger partial charge < -0.3 is 20.1 Å². The fraction of sp³-hybridized carbons (Fsp3) is 0.375. The van der Waals surface area contributed by atoms with Crippen molar-refractivity contribution in [3.63, 3.8) is 0 Å². The molecule has 0 saturated heterocycles. The van der Waals surface area contributed by atoms with Gasteiger partial charge in [0.25, 0.3) is 0 Å². The largest absolute Gasteiger partial charge is 0.444 e. The lowest BCUT2D eigenvalue weighted by atomic mass is 10.0. The van der Waals surface area contributed by atoms with Crippen molar-refractivity contribution < 1.29 is 19.4 Å². The molecule has 0 radical (unpaired) electrons. The number of hydrogen-bond acceptors (Lipinski definition) is 4. The summed E-state index contributed by atoms with van der Waals surface area (Å²) in [5, 5.41) is 12.6. The Hall–Kier alpha value is -2.34. The van der Waals surface area contributed by atoms with Crippen LogP contribution in [0.3, 0.4) is 0 Å². The lowest BCUT2D eigenvalue weighted by Gasteiger charge is -2.22. The van der Waals surface area contributed by atoms with Crippen LogP contribution in [0.5, 0.6) is 0 Å². The average molecular weight is 304 g/mol. The number of carbonyl (C=O) groups excluding carboxylic acids is 2. The smallest absolute Gasteiger partial charge is 0.408 e. The number of aliphatic hydroxyl groups excluding tert-OH is 1. The third-order valence-corrected chi connectivity index (χ3v) is 3.04. The van der Waals surface area contributed by atoms with Crippen molar-refractivity contribution in [3.8, 4) is 0 Å². The molecule has 2 aromatic rings. The van der Waals surface area contributed by atoms with Crippen molar-refractivity contribution >= 4 is 22.8 Å². The summed E-state index contributed by atoms with van der Waals surface area (Å²) in [5.74, 6) is -0.370. The Morgan fingerprint density at radius 3 is 2.64 bits per heavy atom. The Morgan fingerprint density at radius 2 is 2.00 bits per heavy atom. The first kappa shape index (κ1) is 16.0. The summed E-state index contributed by atoms with van der Waals surface area (Å²) in [6, 6.07) is 6.29. The monoisotopic (exact) mass is 304 g/mol. The molecule has 0 fully saturated rings. The molecule has 1 amide bonds. The molecule has 0 aliphatic rings. The number of fused-ring (bicyclic) bond motifs is 1. The Balaban J connectivity index is 2.17. The van der Waals surface area contributed by atoms with E-state index in [1.165, 1.54) is 0 Å². The van der Waals surface area contributed by atoms with E-state index in [-0.39, 0.29) is 5.78 Å². The van der Waals surface area contributed by atoms with Gasteiger partial charge in [0.2, 0.25) is 0 Å². The highest BCUT2D eigenvalue weighted by molar-refractivity contribution is 6.11. The van der Waals surface area contributed by atoms with E-state index in [1.54, 1.807) is 33.0 Å². The second-order valence-electron chi connectivity index (χ2n) is 5.99. The van der Waals surface area contributed by atoms with Gasteiger partial charge in [-0.3, -0.25) is 4.79 Å². The number of nitrogens with one attached hydrogen (secondary N) is 2. The van der Waals surface area contributed by atoms with E-state index in [0.717, 1.165) is 10.9 Å². The lowest BCUT2D eigenvalue weighted by Crippen LogP contribution is -2.45. The van der Waals surface area contributed by atoms with Gasteiger partial charge in [-0.2, -0.15) is 0 Å². The number of ketones is 1. The standard InChI is InChI=1S/C16H20N2O4/c1-16(2,3)22-15(21)18-13(9-19)14(20)11-8-17-12-7-5-4-6-10(11)12/h4-8,13,17,19H,9H2,1-3H3,(H,18,21)/t13-/m0/s1. The van der Waals surface area contributed by atoms with E-state index in [4.69, 9.17) is 4.74 Å². The number of aliphatic hydroxyl groups is 1. The fourth-order valence-electron chi connectivity index (χ4n) is 2.11. The van der Waals surface area contributed by atoms with Gasteiger partial charge in [-0.15, -0.1) is 0 Å². The van der Waals surface area contributed by atoms with Gasteiger partial charge in [-0.25, -0.2) is 4.79 Å². The molecule has 0 unspecified atom stereocenters. The highest BCUT2D eigenvalue weighted by Gasteiger charge is 2.26. The average Bonchev–Trinajstić information content (AvgIpc) is 2.86. The number of benzene rings is 1. The molecule has 0 aliphatic heterocycles. The van der Waals surface area contributed by atoms with Crippen LogP contribution in [0.1, 0.15) is 31.1 Å². The van der Waals surface area contributed by atoms with Crippen LogP contribution in [0.4, 0.5) is 4.79 Å². The lowest BCUT2D eigenvalue weighted by molar-refractivity contribution is 0.0467. The molecule has 22 heavy (non-hydrogen) atoms. The highest BCUT2D eigenvalue weighted by Crippen LogP contribution is 2.19. The number of aromatic amines is 1. The van der Waals surface area contributed by atoms with Gasteiger partial charge in [0.1, 0.15) is 11.6 Å². The summed E-state index contributed by atoms with van der Waals surface area (Å²) in [7, 11) is 0. The first-order chi connectivity index (χ1) is 10.3. The van der Waals surface area contributed by atoms with E-state index >= 15 is 0 Å². The molecule has 6 nitrogen and oxygen atoms in total. The molecule has 1 aromatic carbocycles. The molecule has 118 valence electrons. The summed E-state index contributed by atoms with van der Waals surface area (Å²) in [6.45, 7) is 4.67. The maximum absolute atomic E-state index is 12.5. The third-order valence-electron chi connectivity index (χ3n) is 3.04. The number of ether oxygens (including phenoxy) is 1. The van der Waals surface area contributed by atoms with Gasteiger partial charge in [-0.1, -0.05) is 18.2 Å². The molecule has 1 aromatic heterocycles. The molecule has 2 rings (SSSR count). The van der Waals surface area contributed by atoms with E-state index < -0.39 is 24.3 Å². The van der Waals surface area contributed by atoms with Crippen molar-refractivity contribution in [1.29, 1.82) is 0 Å². The summed E-state index contributed by atoms with van der Waals surface area (Å²) in [4.78, 5) is 27.3. The molecule has 0 spiro atoms. The molecule has 0 aliphatic carbocycles. The van der Waals surface area contributed by atoms with Crippen LogP contribution >= 0.6 is 0 Å². The van der Waals surface area contributed by atoms with E-state index in [9.17, 15) is 14.7 Å². The molecule has 0 bridgehead atoms. The van der Waals surface area contributed by atoms with Crippen LogP contribution in [-0.4, -0.2) is 40.2 Å². The summed E-state index contributed by atoms with van der Waals surface area (Å²) in [6.07, 6.45) is 0.839. The second kappa shape index (κ2) is 6.19. The van der Waals surface area contributed by atoms with Gasteiger partial charge >= 0.3 is 6.09 Å². The number of carbonyl (C=O) groups is 2. The highest BCUT2D eigenvalue weighted by atomic mass is 16.6. The van der Waals surface area contributed by atoms with Gasteiger partial charge in [0.15, 0.2) is 5.78 Å². The molecule has 1 heterocycles. The minimum atomic E-state index is -1.05. The Bertz CT molecular complexity index is 685. The quantitative estimate of drug-likeness (QED) is 0.755. The number of Topliss-reactive ketones (excluding diaryl/α,β-unsaturated/α-hetero) is 1. The minimum Gasteiger partial charge on any atom is -0.444 e. The Kier molecular flexibility index (Phi) is 4.51. The van der Waals surface area contributed by atoms with Crippen molar-refractivity contribution in [2.45, 2.75) is 32.4 Å². The first-order valence-electron chi connectivity index (χ1n) is 7.02. The number of amides is 1. The van der Waals surface area contributed by atoms with Crippen LogP contribution < -0.4 is 5.32 Å². The molecular weight excluding hydrogens is 284 g/mol. The summed E-state index contributed by atoms with van der Waals surface area (Å²) in [5.41, 5.74) is 0.569. The van der Waals surface area contributed by atoms with Crippen LogP contribution in [0.2, 0.25) is 0 Å². The van der Waals surface area contributed by atoms with Crippen molar-refractivity contribution in [2.75, 3.05) is 6.61 Å². The summed E-state index contributed by atoms with van der Waals surface area (Å²) >= 11 is 0. The normalized spacial score (nSPS) is 12.9.